The van der Waals surface area contributed by atoms with Crippen LogP contribution < -0.4 is 10.2 Å². The Labute approximate surface area is 174 Å². The van der Waals surface area contributed by atoms with E-state index in [0.29, 0.717) is 0 Å². The normalized spacial score (nSPS) is 21.5. The number of hydrogen-bond acceptors (Lipinski definition) is 7. The van der Waals surface area contributed by atoms with Crippen LogP contribution in [-0.2, 0) is 19.2 Å². The largest absolute Gasteiger partial charge is 0.480 e. The highest BCUT2D eigenvalue weighted by atomic mass is 19.1. The van der Waals surface area contributed by atoms with Crippen molar-refractivity contribution in [3.05, 3.63) is 29.1 Å². The Kier molecular flexibility index (Phi) is 4.91. The molecule has 3 heterocycles. The Morgan fingerprint density at radius 2 is 1.77 bits per heavy atom. The Bertz CT molecular complexity index is 1060. The van der Waals surface area contributed by atoms with Crippen molar-refractivity contribution in [3.8, 4) is 0 Å². The summed E-state index contributed by atoms with van der Waals surface area (Å²) in [5.41, 5.74) is -0.383. The second-order valence-corrected chi connectivity index (χ2v) is 7.43. The fraction of sp³-hybridized carbons (Fsp3) is 0.368. The standard InChI is InChI=1S/C19H17FN4O7/c20-11-5-9-10(6-13(11)22-3-4-23(8-16(27)28)15(26)7-22)19(31)24(18(9)30)12-1-2-14(25)21-17(12)29/h5-6,12H,1-4,7-8H2,(H,27,28)(H,21,25,29). The zero-order valence-electron chi connectivity index (χ0n) is 16.1. The van der Waals surface area contributed by atoms with E-state index in [9.17, 15) is 33.2 Å². The van der Waals surface area contributed by atoms with Crippen LogP contribution in [-0.4, -0.2) is 82.6 Å². The van der Waals surface area contributed by atoms with Crippen LogP contribution >= 0.6 is 0 Å². The lowest BCUT2D eigenvalue weighted by molar-refractivity contribution is -0.144. The van der Waals surface area contributed by atoms with Crippen LogP contribution in [0.4, 0.5) is 10.1 Å². The summed E-state index contributed by atoms with van der Waals surface area (Å²) >= 11 is 0. The SMILES string of the molecule is O=C(O)CN1CCN(c2cc3c(cc2F)C(=O)N(C2CCC(=O)NC2=O)C3=O)CC1=O. The Balaban J connectivity index is 1.59. The topological polar surface area (TPSA) is 144 Å². The summed E-state index contributed by atoms with van der Waals surface area (Å²) in [5.74, 6) is -5.40. The Morgan fingerprint density at radius 3 is 2.39 bits per heavy atom. The van der Waals surface area contributed by atoms with Crippen LogP contribution in [0.15, 0.2) is 12.1 Å². The molecule has 2 fully saturated rings. The van der Waals surface area contributed by atoms with Gasteiger partial charge < -0.3 is 14.9 Å². The summed E-state index contributed by atoms with van der Waals surface area (Å²) in [4.78, 5) is 75.3. The minimum Gasteiger partial charge on any atom is -0.480 e. The van der Waals surface area contributed by atoms with E-state index in [2.05, 4.69) is 5.32 Å². The zero-order chi connectivity index (χ0) is 22.4. The number of fused-ring (bicyclic) bond motifs is 1. The van der Waals surface area contributed by atoms with Crippen LogP contribution in [0.1, 0.15) is 33.6 Å². The smallest absolute Gasteiger partial charge is 0.323 e. The summed E-state index contributed by atoms with van der Waals surface area (Å²) in [7, 11) is 0. The fourth-order valence-electron chi connectivity index (χ4n) is 3.97. The molecule has 0 saturated carbocycles. The van der Waals surface area contributed by atoms with Gasteiger partial charge in [0.15, 0.2) is 0 Å². The molecule has 11 nitrogen and oxygen atoms in total. The van der Waals surface area contributed by atoms with Crippen molar-refractivity contribution in [1.29, 1.82) is 0 Å². The maximum Gasteiger partial charge on any atom is 0.323 e. The second kappa shape index (κ2) is 7.45. The summed E-state index contributed by atoms with van der Waals surface area (Å²) < 4.78 is 14.8. The van der Waals surface area contributed by atoms with E-state index in [1.54, 1.807) is 0 Å². The quantitative estimate of drug-likeness (QED) is 0.574. The molecule has 5 amide bonds. The van der Waals surface area contributed by atoms with Gasteiger partial charge >= 0.3 is 5.97 Å². The summed E-state index contributed by atoms with van der Waals surface area (Å²) in [6.45, 7) is -0.570. The average molecular weight is 432 g/mol. The van der Waals surface area contributed by atoms with Gasteiger partial charge in [0.2, 0.25) is 17.7 Å². The minimum atomic E-state index is -1.17. The molecular formula is C19H17FN4O7. The molecule has 1 unspecified atom stereocenters. The van der Waals surface area contributed by atoms with Crippen LogP contribution in [0, 0.1) is 5.82 Å². The first kappa shape index (κ1) is 20.4. The molecule has 0 radical (unpaired) electrons. The van der Waals surface area contributed by atoms with Crippen LogP contribution in [0.5, 0.6) is 0 Å². The van der Waals surface area contributed by atoms with Gasteiger partial charge in [0, 0.05) is 19.5 Å². The molecule has 0 aromatic heterocycles. The fourth-order valence-corrected chi connectivity index (χ4v) is 3.97. The van der Waals surface area contributed by atoms with Gasteiger partial charge in [-0.05, 0) is 18.6 Å². The van der Waals surface area contributed by atoms with E-state index in [4.69, 9.17) is 5.11 Å². The highest BCUT2D eigenvalue weighted by molar-refractivity contribution is 6.23. The number of benzene rings is 1. The number of piperazine rings is 1. The molecular weight excluding hydrogens is 415 g/mol. The molecule has 1 atom stereocenters. The molecule has 12 heteroatoms. The number of carbonyl (C=O) groups excluding carboxylic acids is 5. The first-order valence-electron chi connectivity index (χ1n) is 9.47. The molecule has 0 aliphatic carbocycles. The van der Waals surface area contributed by atoms with E-state index < -0.39 is 53.9 Å². The third kappa shape index (κ3) is 3.49. The van der Waals surface area contributed by atoms with Gasteiger partial charge in [-0.15, -0.1) is 0 Å². The van der Waals surface area contributed by atoms with E-state index >= 15 is 0 Å². The molecule has 3 aliphatic heterocycles. The molecule has 3 aliphatic rings. The number of anilines is 1. The van der Waals surface area contributed by atoms with E-state index in [1.807, 2.05) is 0 Å². The highest BCUT2D eigenvalue weighted by Gasteiger charge is 2.45. The molecule has 31 heavy (non-hydrogen) atoms. The molecule has 2 saturated heterocycles. The maximum atomic E-state index is 14.8. The van der Waals surface area contributed by atoms with Crippen molar-refractivity contribution in [3.63, 3.8) is 0 Å². The first-order chi connectivity index (χ1) is 14.7. The summed E-state index contributed by atoms with van der Waals surface area (Å²) in [6.07, 6.45) is -0.0579. The Morgan fingerprint density at radius 1 is 1.10 bits per heavy atom. The Hall–Kier alpha value is -3.83. The van der Waals surface area contributed by atoms with Gasteiger partial charge in [-0.25, -0.2) is 4.39 Å². The third-order valence-electron chi connectivity index (χ3n) is 5.49. The number of halogens is 1. The van der Waals surface area contributed by atoms with Gasteiger partial charge in [0.1, 0.15) is 18.4 Å². The van der Waals surface area contributed by atoms with Crippen molar-refractivity contribution in [2.75, 3.05) is 31.1 Å². The van der Waals surface area contributed by atoms with Crippen LogP contribution in [0.25, 0.3) is 0 Å². The molecule has 0 spiro atoms. The highest BCUT2D eigenvalue weighted by Crippen LogP contribution is 2.33. The molecule has 0 bridgehead atoms. The zero-order valence-corrected chi connectivity index (χ0v) is 16.1. The van der Waals surface area contributed by atoms with Crippen molar-refractivity contribution in [1.82, 2.24) is 15.1 Å². The van der Waals surface area contributed by atoms with Gasteiger partial charge in [-0.3, -0.25) is 39.0 Å². The first-order valence-corrected chi connectivity index (χ1v) is 9.47. The van der Waals surface area contributed by atoms with Gasteiger partial charge in [0.05, 0.1) is 23.4 Å². The third-order valence-corrected chi connectivity index (χ3v) is 5.49. The van der Waals surface area contributed by atoms with E-state index in [0.717, 1.165) is 21.9 Å². The number of piperidine rings is 1. The number of carbonyl (C=O) groups is 6. The predicted molar refractivity (Wildman–Crippen MR) is 99.5 cm³/mol. The van der Waals surface area contributed by atoms with Gasteiger partial charge in [-0.2, -0.15) is 0 Å². The monoisotopic (exact) mass is 432 g/mol. The lowest BCUT2D eigenvalue weighted by Crippen LogP contribution is -2.54. The van der Waals surface area contributed by atoms with Gasteiger partial charge in [-0.1, -0.05) is 0 Å². The van der Waals surface area contributed by atoms with Crippen LogP contribution in [0.3, 0.4) is 0 Å². The van der Waals surface area contributed by atoms with E-state index in [-0.39, 0.29) is 49.3 Å². The lowest BCUT2D eigenvalue weighted by Gasteiger charge is -2.35. The number of nitrogens with one attached hydrogen (secondary N) is 1. The summed E-state index contributed by atoms with van der Waals surface area (Å²) in [6, 6.07) is 0.889. The number of amides is 5. The molecule has 1 aromatic rings. The van der Waals surface area contributed by atoms with Crippen LogP contribution in [0.2, 0.25) is 0 Å². The van der Waals surface area contributed by atoms with E-state index in [1.165, 1.54) is 4.90 Å². The van der Waals surface area contributed by atoms with Crippen molar-refractivity contribution < 1.29 is 38.3 Å². The predicted octanol–water partition coefficient (Wildman–Crippen LogP) is -1.04. The maximum absolute atomic E-state index is 14.8. The molecule has 1 aromatic carbocycles. The number of nitrogens with zero attached hydrogens (tertiary/aromatic N) is 3. The molecule has 2 N–H and O–H groups in total. The van der Waals surface area contributed by atoms with Gasteiger partial charge in [0.25, 0.3) is 11.8 Å². The average Bonchev–Trinajstić information content (AvgIpc) is 2.93. The number of carboxylic acid groups (broad SMARTS) is 1. The molecule has 162 valence electrons. The minimum absolute atomic E-state index is 0.0223. The lowest BCUT2D eigenvalue weighted by atomic mass is 10.0. The van der Waals surface area contributed by atoms with Crippen molar-refractivity contribution in [2.24, 2.45) is 0 Å². The number of rotatable bonds is 4. The van der Waals surface area contributed by atoms with Crippen molar-refractivity contribution >= 4 is 41.2 Å². The number of hydrogen-bond donors (Lipinski definition) is 2. The van der Waals surface area contributed by atoms with Crippen molar-refractivity contribution in [2.45, 2.75) is 18.9 Å². The number of carboxylic acids is 1. The number of imide groups is 2. The molecule has 4 rings (SSSR count). The second-order valence-electron chi connectivity index (χ2n) is 7.43. The number of aliphatic carboxylic acids is 1. The summed E-state index contributed by atoms with van der Waals surface area (Å²) in [5, 5.41) is 10.9.